The Hall–Kier alpha value is -4.33. The summed E-state index contributed by atoms with van der Waals surface area (Å²) in [6, 6.07) is 21.7. The molecule has 0 aliphatic carbocycles. The average Bonchev–Trinajstić information content (AvgIpc) is 3.31. The van der Waals surface area contributed by atoms with Crippen LogP contribution >= 0.6 is 0 Å². The molecule has 184 valence electrons. The first-order valence-electron chi connectivity index (χ1n) is 12.0. The fourth-order valence-electron chi connectivity index (χ4n) is 4.46. The fourth-order valence-corrected chi connectivity index (χ4v) is 4.46. The Bertz CT molecular complexity index is 1290. The molecule has 0 radical (unpaired) electrons. The van der Waals surface area contributed by atoms with Crippen LogP contribution in [0.1, 0.15) is 35.3 Å². The van der Waals surface area contributed by atoms with Crippen molar-refractivity contribution in [2.75, 3.05) is 30.0 Å². The first-order valence-corrected chi connectivity index (χ1v) is 12.0. The molecule has 0 spiro atoms. The number of nitrogens with zero attached hydrogens (tertiary/aromatic N) is 1. The molecular weight excluding hydrogens is 458 g/mol. The number of carbonyl (C=O) groups is 3. The quantitative estimate of drug-likeness (QED) is 0.551. The molecular formula is C28H27N3O5. The zero-order valence-corrected chi connectivity index (χ0v) is 19.9. The van der Waals surface area contributed by atoms with Crippen molar-refractivity contribution in [1.29, 1.82) is 0 Å². The SMILES string of the molecule is C[C@H](NC(=O)c1ccccc1NC(=O)[C@H]1CC(=O)N(c2ccc3c(c2)OCCO3)C1)c1ccccc1. The number of carbonyl (C=O) groups excluding carboxylic acids is 3. The molecule has 3 amide bonds. The number of ether oxygens (including phenoxy) is 2. The van der Waals surface area contributed by atoms with E-state index in [0.29, 0.717) is 41.7 Å². The number of hydrogen-bond donors (Lipinski definition) is 2. The lowest BCUT2D eigenvalue weighted by Gasteiger charge is -2.22. The van der Waals surface area contributed by atoms with E-state index in [2.05, 4.69) is 10.6 Å². The summed E-state index contributed by atoms with van der Waals surface area (Å²) in [4.78, 5) is 40.5. The third-order valence-electron chi connectivity index (χ3n) is 6.41. The third kappa shape index (κ3) is 4.88. The van der Waals surface area contributed by atoms with Crippen LogP contribution in [0.25, 0.3) is 0 Å². The Kier molecular flexibility index (Phi) is 6.58. The molecule has 36 heavy (non-hydrogen) atoms. The van der Waals surface area contributed by atoms with E-state index in [-0.39, 0.29) is 36.7 Å². The molecule has 5 rings (SSSR count). The third-order valence-corrected chi connectivity index (χ3v) is 6.41. The van der Waals surface area contributed by atoms with Gasteiger partial charge in [-0.25, -0.2) is 0 Å². The van der Waals surface area contributed by atoms with E-state index in [1.165, 1.54) is 0 Å². The highest BCUT2D eigenvalue weighted by Crippen LogP contribution is 2.36. The molecule has 3 aromatic rings. The molecule has 2 N–H and O–H groups in total. The number of benzene rings is 3. The standard InChI is InChI=1S/C28H27N3O5/c1-18(19-7-3-2-4-8-19)29-28(34)22-9-5-6-10-23(22)30-27(33)20-15-26(32)31(17-20)21-11-12-24-25(16-21)36-14-13-35-24/h2-12,16,18,20H,13-15,17H2,1H3,(H,29,34)(H,30,33)/t18-,20-/m0/s1. The van der Waals surface area contributed by atoms with Crippen molar-refractivity contribution in [2.24, 2.45) is 5.92 Å². The number of para-hydroxylation sites is 1. The first kappa shape index (κ1) is 23.4. The van der Waals surface area contributed by atoms with E-state index < -0.39 is 5.92 Å². The largest absolute Gasteiger partial charge is 0.486 e. The summed E-state index contributed by atoms with van der Waals surface area (Å²) in [5.41, 5.74) is 2.41. The monoisotopic (exact) mass is 485 g/mol. The minimum absolute atomic E-state index is 0.0830. The van der Waals surface area contributed by atoms with Crippen LogP contribution in [0.4, 0.5) is 11.4 Å². The van der Waals surface area contributed by atoms with E-state index in [1.54, 1.807) is 47.4 Å². The van der Waals surface area contributed by atoms with Crippen LogP contribution < -0.4 is 25.0 Å². The molecule has 8 nitrogen and oxygen atoms in total. The number of nitrogens with one attached hydrogen (secondary N) is 2. The van der Waals surface area contributed by atoms with Gasteiger partial charge in [0.25, 0.3) is 5.91 Å². The number of rotatable bonds is 6. The van der Waals surface area contributed by atoms with Crippen molar-refractivity contribution in [2.45, 2.75) is 19.4 Å². The highest BCUT2D eigenvalue weighted by Gasteiger charge is 2.36. The lowest BCUT2D eigenvalue weighted by Crippen LogP contribution is -2.30. The number of fused-ring (bicyclic) bond motifs is 1. The molecule has 2 atom stereocenters. The van der Waals surface area contributed by atoms with E-state index in [4.69, 9.17) is 9.47 Å². The van der Waals surface area contributed by atoms with Crippen LogP contribution in [-0.2, 0) is 9.59 Å². The van der Waals surface area contributed by atoms with Crippen molar-refractivity contribution < 1.29 is 23.9 Å². The Morgan fingerprint density at radius 3 is 2.47 bits per heavy atom. The summed E-state index contributed by atoms with van der Waals surface area (Å²) >= 11 is 0. The topological polar surface area (TPSA) is 97.0 Å². The van der Waals surface area contributed by atoms with Crippen molar-refractivity contribution in [3.63, 3.8) is 0 Å². The number of amides is 3. The Morgan fingerprint density at radius 1 is 0.944 bits per heavy atom. The van der Waals surface area contributed by atoms with Gasteiger partial charge in [0.2, 0.25) is 11.8 Å². The lowest BCUT2D eigenvalue weighted by molar-refractivity contribution is -0.122. The Morgan fingerprint density at radius 2 is 1.67 bits per heavy atom. The maximum atomic E-state index is 13.1. The van der Waals surface area contributed by atoms with Crippen LogP contribution in [0.3, 0.4) is 0 Å². The van der Waals surface area contributed by atoms with E-state index >= 15 is 0 Å². The first-order chi connectivity index (χ1) is 17.5. The fraction of sp³-hybridized carbons (Fsp3) is 0.250. The van der Waals surface area contributed by atoms with Gasteiger partial charge in [0.15, 0.2) is 11.5 Å². The second-order valence-corrected chi connectivity index (χ2v) is 8.87. The second-order valence-electron chi connectivity index (χ2n) is 8.87. The smallest absolute Gasteiger partial charge is 0.253 e. The molecule has 3 aromatic carbocycles. The summed E-state index contributed by atoms with van der Waals surface area (Å²) < 4.78 is 11.2. The van der Waals surface area contributed by atoms with Gasteiger partial charge in [-0.3, -0.25) is 14.4 Å². The molecule has 0 unspecified atom stereocenters. The second kappa shape index (κ2) is 10.1. The van der Waals surface area contributed by atoms with E-state index in [1.807, 2.05) is 37.3 Å². The van der Waals surface area contributed by atoms with Crippen LogP contribution in [0, 0.1) is 5.92 Å². The van der Waals surface area contributed by atoms with Gasteiger partial charge in [-0.05, 0) is 36.8 Å². The minimum atomic E-state index is -0.551. The van der Waals surface area contributed by atoms with Crippen molar-refractivity contribution >= 4 is 29.1 Å². The van der Waals surface area contributed by atoms with Gasteiger partial charge in [-0.1, -0.05) is 42.5 Å². The van der Waals surface area contributed by atoms with Crippen LogP contribution in [0.15, 0.2) is 72.8 Å². The molecule has 1 saturated heterocycles. The van der Waals surface area contributed by atoms with Gasteiger partial charge in [-0.15, -0.1) is 0 Å². The van der Waals surface area contributed by atoms with Gasteiger partial charge in [0.05, 0.1) is 23.2 Å². The van der Waals surface area contributed by atoms with Crippen molar-refractivity contribution in [1.82, 2.24) is 5.32 Å². The van der Waals surface area contributed by atoms with Crippen LogP contribution in [-0.4, -0.2) is 37.5 Å². The minimum Gasteiger partial charge on any atom is -0.486 e. The van der Waals surface area contributed by atoms with E-state index in [0.717, 1.165) is 5.56 Å². The predicted molar refractivity (Wildman–Crippen MR) is 135 cm³/mol. The summed E-state index contributed by atoms with van der Waals surface area (Å²) in [6.07, 6.45) is 0.0830. The van der Waals surface area contributed by atoms with Crippen LogP contribution in [0.2, 0.25) is 0 Å². The maximum Gasteiger partial charge on any atom is 0.253 e. The van der Waals surface area contributed by atoms with E-state index in [9.17, 15) is 14.4 Å². The molecule has 2 heterocycles. The molecule has 1 fully saturated rings. The molecule has 2 aliphatic rings. The normalized spacial score (nSPS) is 17.4. The summed E-state index contributed by atoms with van der Waals surface area (Å²) in [5, 5.41) is 5.85. The summed E-state index contributed by atoms with van der Waals surface area (Å²) in [6.45, 7) is 3.09. The van der Waals surface area contributed by atoms with Gasteiger partial charge in [0, 0.05) is 24.7 Å². The predicted octanol–water partition coefficient (Wildman–Crippen LogP) is 3.94. The maximum absolute atomic E-state index is 13.1. The Balaban J connectivity index is 1.26. The zero-order valence-electron chi connectivity index (χ0n) is 19.9. The highest BCUT2D eigenvalue weighted by molar-refractivity contribution is 6.07. The van der Waals surface area contributed by atoms with Crippen molar-refractivity contribution in [3.8, 4) is 11.5 Å². The number of anilines is 2. The molecule has 8 heteroatoms. The van der Waals surface area contributed by atoms with Gasteiger partial charge < -0.3 is 25.0 Å². The van der Waals surface area contributed by atoms with Gasteiger partial charge >= 0.3 is 0 Å². The molecule has 0 saturated carbocycles. The molecule has 0 bridgehead atoms. The van der Waals surface area contributed by atoms with Gasteiger partial charge in [0.1, 0.15) is 13.2 Å². The highest BCUT2D eigenvalue weighted by atomic mass is 16.6. The Labute approximate surface area is 209 Å². The zero-order chi connectivity index (χ0) is 25.1. The average molecular weight is 486 g/mol. The summed E-state index contributed by atoms with van der Waals surface area (Å²) in [5.74, 6) is -0.0615. The van der Waals surface area contributed by atoms with Crippen LogP contribution in [0.5, 0.6) is 11.5 Å². The summed E-state index contributed by atoms with van der Waals surface area (Å²) in [7, 11) is 0. The molecule has 0 aromatic heterocycles. The number of hydrogen-bond acceptors (Lipinski definition) is 5. The van der Waals surface area contributed by atoms with Crippen molar-refractivity contribution in [3.05, 3.63) is 83.9 Å². The van der Waals surface area contributed by atoms with Gasteiger partial charge in [-0.2, -0.15) is 0 Å². The lowest BCUT2D eigenvalue weighted by atomic mass is 10.1. The molecule has 2 aliphatic heterocycles.